The van der Waals surface area contributed by atoms with Crippen molar-refractivity contribution in [1.29, 1.82) is 0 Å². The van der Waals surface area contributed by atoms with Crippen molar-refractivity contribution in [1.82, 2.24) is 0 Å². The summed E-state index contributed by atoms with van der Waals surface area (Å²) >= 11 is 2.16. The van der Waals surface area contributed by atoms with E-state index in [1.54, 1.807) is 6.26 Å². The number of furan rings is 1. The fourth-order valence-electron chi connectivity index (χ4n) is 1.38. The fraction of sp³-hybridized carbons (Fsp3) is 0.0833. The van der Waals surface area contributed by atoms with Gasteiger partial charge in [-0.3, -0.25) is 4.79 Å². The lowest BCUT2D eigenvalue weighted by molar-refractivity contribution is 0.103. The molecule has 0 aliphatic rings. The highest BCUT2D eigenvalue weighted by molar-refractivity contribution is 14.1. The third-order valence-electron chi connectivity index (χ3n) is 2.22. The van der Waals surface area contributed by atoms with Crippen LogP contribution in [-0.4, -0.2) is 5.78 Å². The Bertz CT molecular complexity index is 500. The maximum Gasteiger partial charge on any atom is 0.197 e. The van der Waals surface area contributed by atoms with Gasteiger partial charge in [-0.15, -0.1) is 0 Å². The number of rotatable bonds is 2. The number of carbonyl (C=O) groups excluding carboxylic acids is 1. The van der Waals surface area contributed by atoms with Gasteiger partial charge in [-0.2, -0.15) is 0 Å². The van der Waals surface area contributed by atoms with Crippen LogP contribution in [0.1, 0.15) is 21.5 Å². The smallest absolute Gasteiger partial charge is 0.197 e. The summed E-state index contributed by atoms with van der Waals surface area (Å²) in [5.74, 6) is 0.0197. The molecule has 3 heteroatoms. The van der Waals surface area contributed by atoms with Gasteiger partial charge in [0.05, 0.1) is 11.8 Å². The van der Waals surface area contributed by atoms with E-state index in [9.17, 15) is 4.79 Å². The summed E-state index contributed by atoms with van der Waals surface area (Å²) in [5, 5.41) is 0. The quantitative estimate of drug-likeness (QED) is 0.628. The molecule has 2 nitrogen and oxygen atoms in total. The second-order valence-electron chi connectivity index (χ2n) is 3.28. The first kappa shape index (κ1) is 10.4. The second-order valence-corrected chi connectivity index (χ2v) is 4.44. The van der Waals surface area contributed by atoms with Crippen LogP contribution in [0.25, 0.3) is 0 Å². The number of ketones is 1. The zero-order chi connectivity index (χ0) is 10.8. The number of carbonyl (C=O) groups is 1. The minimum absolute atomic E-state index is 0.0197. The van der Waals surface area contributed by atoms with Gasteiger partial charge in [0.15, 0.2) is 5.78 Å². The van der Waals surface area contributed by atoms with Crippen molar-refractivity contribution in [3.05, 3.63) is 57.1 Å². The number of hydrogen-bond donors (Lipinski definition) is 0. The van der Waals surface area contributed by atoms with Crippen LogP contribution >= 0.6 is 22.6 Å². The van der Waals surface area contributed by atoms with Crippen molar-refractivity contribution in [2.24, 2.45) is 0 Å². The molecule has 0 aliphatic carbocycles. The van der Waals surface area contributed by atoms with E-state index in [-0.39, 0.29) is 5.78 Å². The maximum absolute atomic E-state index is 12.1. The van der Waals surface area contributed by atoms with Gasteiger partial charge >= 0.3 is 0 Å². The molecule has 0 saturated carbocycles. The van der Waals surface area contributed by atoms with Crippen LogP contribution in [0, 0.1) is 10.5 Å². The molecule has 0 saturated heterocycles. The summed E-state index contributed by atoms with van der Waals surface area (Å²) in [4.78, 5) is 12.1. The lowest BCUT2D eigenvalue weighted by Crippen LogP contribution is -2.03. The minimum atomic E-state index is 0.0197. The zero-order valence-corrected chi connectivity index (χ0v) is 10.3. The highest BCUT2D eigenvalue weighted by Gasteiger charge is 2.15. The lowest BCUT2D eigenvalue weighted by atomic mass is 10.0. The van der Waals surface area contributed by atoms with E-state index in [0.717, 1.165) is 14.7 Å². The van der Waals surface area contributed by atoms with Crippen LogP contribution in [-0.2, 0) is 0 Å². The zero-order valence-electron chi connectivity index (χ0n) is 8.16. The summed E-state index contributed by atoms with van der Waals surface area (Å²) in [5.41, 5.74) is 2.24. The molecule has 0 bridgehead atoms. The summed E-state index contributed by atoms with van der Waals surface area (Å²) < 4.78 is 5.96. The van der Waals surface area contributed by atoms with E-state index in [0.29, 0.717) is 5.56 Å². The van der Waals surface area contributed by atoms with Crippen LogP contribution in [0.15, 0.2) is 41.2 Å². The topological polar surface area (TPSA) is 30.2 Å². The molecule has 1 heterocycles. The third kappa shape index (κ3) is 1.97. The molecule has 0 spiro atoms. The molecule has 2 rings (SSSR count). The molecule has 0 aliphatic heterocycles. The van der Waals surface area contributed by atoms with Crippen LogP contribution in [0.3, 0.4) is 0 Å². The van der Waals surface area contributed by atoms with Gasteiger partial charge in [-0.05, 0) is 47.2 Å². The van der Waals surface area contributed by atoms with Gasteiger partial charge in [-0.25, -0.2) is 0 Å². The largest absolute Gasteiger partial charge is 0.472 e. The normalized spacial score (nSPS) is 10.3. The minimum Gasteiger partial charge on any atom is -0.472 e. The summed E-state index contributed by atoms with van der Waals surface area (Å²) in [6.45, 7) is 1.87. The number of aryl methyl sites for hydroxylation is 1. The summed E-state index contributed by atoms with van der Waals surface area (Å²) in [7, 11) is 0. The maximum atomic E-state index is 12.1. The van der Waals surface area contributed by atoms with Gasteiger partial charge in [0.2, 0.25) is 0 Å². The number of benzene rings is 1. The molecular formula is C12H9IO2. The molecular weight excluding hydrogens is 303 g/mol. The average Bonchev–Trinajstić information content (AvgIpc) is 2.64. The predicted octanol–water partition coefficient (Wildman–Crippen LogP) is 3.42. The fourth-order valence-corrected chi connectivity index (χ4v) is 2.02. The van der Waals surface area contributed by atoms with Gasteiger partial charge in [0.1, 0.15) is 6.26 Å². The van der Waals surface area contributed by atoms with Crippen molar-refractivity contribution in [3.8, 4) is 0 Å². The van der Waals surface area contributed by atoms with Gasteiger partial charge in [0, 0.05) is 9.13 Å². The van der Waals surface area contributed by atoms with E-state index in [2.05, 4.69) is 22.6 Å². The molecule has 1 aromatic carbocycles. The molecule has 0 amide bonds. The Morgan fingerprint density at radius 1 is 1.20 bits per heavy atom. The Kier molecular flexibility index (Phi) is 2.90. The molecule has 0 N–H and O–H groups in total. The van der Waals surface area contributed by atoms with Crippen molar-refractivity contribution in [3.63, 3.8) is 0 Å². The molecule has 2 aromatic rings. The molecule has 0 atom stereocenters. The standard InChI is InChI=1S/C12H9IO2/c1-8-6-15-7-10(8)12(14)9-4-2-3-5-11(9)13/h2-7H,1H3. The lowest BCUT2D eigenvalue weighted by Gasteiger charge is -2.01. The third-order valence-corrected chi connectivity index (χ3v) is 3.16. The molecule has 76 valence electrons. The van der Waals surface area contributed by atoms with Crippen LogP contribution in [0.4, 0.5) is 0 Å². The first-order chi connectivity index (χ1) is 7.20. The SMILES string of the molecule is Cc1cocc1C(=O)c1ccccc1I. The van der Waals surface area contributed by atoms with E-state index in [4.69, 9.17) is 4.42 Å². The van der Waals surface area contributed by atoms with E-state index < -0.39 is 0 Å². The Morgan fingerprint density at radius 3 is 2.53 bits per heavy atom. The Hall–Kier alpha value is -1.10. The van der Waals surface area contributed by atoms with Crippen LogP contribution < -0.4 is 0 Å². The summed E-state index contributed by atoms with van der Waals surface area (Å²) in [6, 6.07) is 7.53. The molecule has 1 aromatic heterocycles. The highest BCUT2D eigenvalue weighted by Crippen LogP contribution is 2.19. The first-order valence-electron chi connectivity index (χ1n) is 4.52. The Balaban J connectivity index is 2.46. The van der Waals surface area contributed by atoms with Crippen molar-refractivity contribution in [2.45, 2.75) is 6.92 Å². The monoisotopic (exact) mass is 312 g/mol. The molecule has 0 fully saturated rings. The highest BCUT2D eigenvalue weighted by atomic mass is 127. The molecule has 0 radical (unpaired) electrons. The molecule has 0 unspecified atom stereocenters. The predicted molar refractivity (Wildman–Crippen MR) is 66.0 cm³/mol. The van der Waals surface area contributed by atoms with Crippen molar-refractivity contribution in [2.75, 3.05) is 0 Å². The first-order valence-corrected chi connectivity index (χ1v) is 5.60. The number of halogens is 1. The summed E-state index contributed by atoms with van der Waals surface area (Å²) in [6.07, 6.45) is 3.09. The van der Waals surface area contributed by atoms with Crippen molar-refractivity contribution >= 4 is 28.4 Å². The van der Waals surface area contributed by atoms with Crippen LogP contribution in [0.5, 0.6) is 0 Å². The molecule has 15 heavy (non-hydrogen) atoms. The van der Waals surface area contributed by atoms with Gasteiger partial charge in [0.25, 0.3) is 0 Å². The number of hydrogen-bond acceptors (Lipinski definition) is 2. The second kappa shape index (κ2) is 4.18. The van der Waals surface area contributed by atoms with E-state index >= 15 is 0 Å². The van der Waals surface area contributed by atoms with Gasteiger partial charge in [-0.1, -0.05) is 12.1 Å². The van der Waals surface area contributed by atoms with E-state index in [1.165, 1.54) is 6.26 Å². The van der Waals surface area contributed by atoms with E-state index in [1.807, 2.05) is 31.2 Å². The van der Waals surface area contributed by atoms with Crippen LogP contribution in [0.2, 0.25) is 0 Å². The van der Waals surface area contributed by atoms with Crippen molar-refractivity contribution < 1.29 is 9.21 Å². The van der Waals surface area contributed by atoms with Gasteiger partial charge < -0.3 is 4.42 Å². The Morgan fingerprint density at radius 2 is 1.93 bits per heavy atom. The Labute approximate surface area is 101 Å². The average molecular weight is 312 g/mol.